The van der Waals surface area contributed by atoms with Crippen molar-refractivity contribution in [1.29, 1.82) is 0 Å². The molecule has 0 aliphatic heterocycles. The molecule has 120 valence electrons. The molecule has 0 radical (unpaired) electrons. The summed E-state index contributed by atoms with van der Waals surface area (Å²) in [5, 5.41) is 22.1. The van der Waals surface area contributed by atoms with E-state index < -0.39 is 10.9 Å². The molecule has 8 nitrogen and oxygen atoms in total. The Morgan fingerprint density at radius 1 is 1.32 bits per heavy atom. The number of rotatable bonds is 8. The van der Waals surface area contributed by atoms with E-state index in [1.54, 1.807) is 24.9 Å². The van der Waals surface area contributed by atoms with Gasteiger partial charge in [-0.25, -0.2) is 0 Å². The van der Waals surface area contributed by atoms with E-state index >= 15 is 0 Å². The molecule has 0 bridgehead atoms. The number of hydrogen-bond donors (Lipinski definition) is 2. The number of aliphatic carboxylic acids is 1. The molecule has 1 aromatic rings. The first kappa shape index (κ1) is 17.6. The van der Waals surface area contributed by atoms with Crippen molar-refractivity contribution in [3.8, 4) is 0 Å². The number of nitrogens with zero attached hydrogens (tertiary/aromatic N) is 2. The van der Waals surface area contributed by atoms with Gasteiger partial charge in [-0.3, -0.25) is 19.7 Å². The van der Waals surface area contributed by atoms with Crippen molar-refractivity contribution in [3.05, 3.63) is 33.9 Å². The first-order valence-electron chi connectivity index (χ1n) is 6.75. The highest BCUT2D eigenvalue weighted by molar-refractivity contribution is 5.92. The van der Waals surface area contributed by atoms with E-state index in [9.17, 15) is 19.7 Å². The number of hydrogen-bond acceptors (Lipinski definition) is 5. The molecule has 0 atom stereocenters. The summed E-state index contributed by atoms with van der Waals surface area (Å²) in [7, 11) is 1.73. The smallest absolute Gasteiger partial charge is 0.304 e. The number of carboxylic acid groups (broad SMARTS) is 1. The molecule has 0 saturated heterocycles. The molecule has 1 amide bonds. The van der Waals surface area contributed by atoms with Crippen LogP contribution in [0.25, 0.3) is 0 Å². The normalized spacial score (nSPS) is 10.5. The van der Waals surface area contributed by atoms with Crippen molar-refractivity contribution in [1.82, 2.24) is 4.90 Å². The lowest BCUT2D eigenvalue weighted by Crippen LogP contribution is -2.26. The highest BCUT2D eigenvalue weighted by atomic mass is 16.6. The summed E-state index contributed by atoms with van der Waals surface area (Å²) in [5.74, 6) is -1.16. The Labute approximate surface area is 127 Å². The molecular weight excluding hydrogens is 290 g/mol. The zero-order valence-electron chi connectivity index (χ0n) is 12.5. The zero-order chi connectivity index (χ0) is 16.7. The third kappa shape index (κ3) is 5.49. The number of nitro groups is 1. The Kier molecular flexibility index (Phi) is 6.46. The van der Waals surface area contributed by atoms with Gasteiger partial charge in [-0.2, -0.15) is 0 Å². The summed E-state index contributed by atoms with van der Waals surface area (Å²) in [6.45, 7) is 2.35. The number of carbonyl (C=O) groups is 2. The third-order valence-electron chi connectivity index (χ3n) is 3.20. The largest absolute Gasteiger partial charge is 0.481 e. The average molecular weight is 309 g/mol. The number of amides is 1. The van der Waals surface area contributed by atoms with Gasteiger partial charge in [0.2, 0.25) is 5.91 Å². The van der Waals surface area contributed by atoms with Crippen molar-refractivity contribution in [3.63, 3.8) is 0 Å². The van der Waals surface area contributed by atoms with E-state index in [1.165, 1.54) is 12.1 Å². The first-order valence-corrected chi connectivity index (χ1v) is 6.75. The van der Waals surface area contributed by atoms with Crippen molar-refractivity contribution in [2.24, 2.45) is 0 Å². The Hall–Kier alpha value is -2.48. The molecular formula is C14H19N3O5. The maximum absolute atomic E-state index is 11.9. The molecule has 2 N–H and O–H groups in total. The van der Waals surface area contributed by atoms with Gasteiger partial charge in [-0.05, 0) is 20.0 Å². The second kappa shape index (κ2) is 8.08. The van der Waals surface area contributed by atoms with E-state index in [4.69, 9.17) is 5.11 Å². The van der Waals surface area contributed by atoms with Crippen LogP contribution in [0.4, 0.5) is 11.4 Å². The molecule has 0 aliphatic carbocycles. The fourth-order valence-corrected chi connectivity index (χ4v) is 1.86. The third-order valence-corrected chi connectivity index (χ3v) is 3.20. The Bertz CT molecular complexity index is 574. The van der Waals surface area contributed by atoms with E-state index in [1.807, 2.05) is 0 Å². The monoisotopic (exact) mass is 309 g/mol. The van der Waals surface area contributed by atoms with Crippen LogP contribution in [0.1, 0.15) is 18.4 Å². The van der Waals surface area contributed by atoms with E-state index in [0.717, 1.165) is 0 Å². The summed E-state index contributed by atoms with van der Waals surface area (Å²) >= 11 is 0. The Morgan fingerprint density at radius 2 is 1.95 bits per heavy atom. The fraction of sp³-hybridized carbons (Fsp3) is 0.429. The van der Waals surface area contributed by atoms with Crippen LogP contribution in [0.15, 0.2) is 18.2 Å². The van der Waals surface area contributed by atoms with Gasteiger partial charge in [0.25, 0.3) is 5.69 Å². The lowest BCUT2D eigenvalue weighted by atomic mass is 10.1. The topological polar surface area (TPSA) is 113 Å². The molecule has 0 spiro atoms. The quantitative estimate of drug-likeness (QED) is 0.557. The molecule has 8 heteroatoms. The van der Waals surface area contributed by atoms with Crippen LogP contribution in [0.2, 0.25) is 0 Å². The molecule has 0 unspecified atom stereocenters. The van der Waals surface area contributed by atoms with Gasteiger partial charge >= 0.3 is 5.97 Å². The summed E-state index contributed by atoms with van der Waals surface area (Å²) in [4.78, 5) is 34.4. The zero-order valence-corrected chi connectivity index (χ0v) is 12.5. The standard InChI is InChI=1S/C14H19N3O5/c1-10-11(4-3-5-12(10)17(21)22)15-13(18)6-8-16(2)9-7-14(19)20/h3-5H,6-9H2,1-2H3,(H,15,18)(H,19,20). The molecule has 1 rings (SSSR count). The number of nitro benzene ring substituents is 1. The minimum atomic E-state index is -0.886. The van der Waals surface area contributed by atoms with Gasteiger partial charge < -0.3 is 15.3 Å². The van der Waals surface area contributed by atoms with Crippen LogP contribution in [0.3, 0.4) is 0 Å². The highest BCUT2D eigenvalue weighted by Crippen LogP contribution is 2.25. The van der Waals surface area contributed by atoms with Crippen LogP contribution in [0, 0.1) is 17.0 Å². The predicted octanol–water partition coefficient (Wildman–Crippen LogP) is 1.64. The van der Waals surface area contributed by atoms with Crippen LogP contribution in [0.5, 0.6) is 0 Å². The van der Waals surface area contributed by atoms with Gasteiger partial charge in [-0.1, -0.05) is 6.07 Å². The molecule has 0 heterocycles. The lowest BCUT2D eigenvalue weighted by Gasteiger charge is -2.15. The number of anilines is 1. The van der Waals surface area contributed by atoms with Crippen molar-refractivity contribution in [2.75, 3.05) is 25.5 Å². The average Bonchev–Trinajstić information content (AvgIpc) is 2.44. The molecule has 0 aromatic heterocycles. The molecule has 22 heavy (non-hydrogen) atoms. The van der Waals surface area contributed by atoms with Crippen molar-refractivity contribution >= 4 is 23.3 Å². The highest BCUT2D eigenvalue weighted by Gasteiger charge is 2.15. The van der Waals surface area contributed by atoms with Gasteiger partial charge in [-0.15, -0.1) is 0 Å². The van der Waals surface area contributed by atoms with Crippen molar-refractivity contribution < 1.29 is 19.6 Å². The molecule has 0 saturated carbocycles. The summed E-state index contributed by atoms with van der Waals surface area (Å²) in [6, 6.07) is 4.50. The number of carboxylic acids is 1. The second-order valence-electron chi connectivity index (χ2n) is 4.95. The second-order valence-corrected chi connectivity index (χ2v) is 4.95. The predicted molar refractivity (Wildman–Crippen MR) is 80.8 cm³/mol. The van der Waals surface area contributed by atoms with Gasteiger partial charge in [0.1, 0.15) is 0 Å². The van der Waals surface area contributed by atoms with Gasteiger partial charge in [0.05, 0.1) is 22.6 Å². The SMILES string of the molecule is Cc1c(NC(=O)CCN(C)CCC(=O)O)cccc1[N+](=O)[O-]. The van der Waals surface area contributed by atoms with Crippen LogP contribution in [-0.4, -0.2) is 46.9 Å². The maximum atomic E-state index is 11.9. The van der Waals surface area contributed by atoms with Crippen molar-refractivity contribution in [2.45, 2.75) is 19.8 Å². The van der Waals surface area contributed by atoms with Crippen LogP contribution < -0.4 is 5.32 Å². The molecule has 0 aliphatic rings. The van der Waals surface area contributed by atoms with E-state index in [2.05, 4.69) is 5.32 Å². The molecule has 0 fully saturated rings. The first-order chi connectivity index (χ1) is 10.3. The Balaban J connectivity index is 2.54. The van der Waals surface area contributed by atoms with E-state index in [-0.39, 0.29) is 24.4 Å². The van der Waals surface area contributed by atoms with Gasteiger partial charge in [0, 0.05) is 25.6 Å². The lowest BCUT2D eigenvalue weighted by molar-refractivity contribution is -0.385. The maximum Gasteiger partial charge on any atom is 0.304 e. The summed E-state index contributed by atoms with van der Waals surface area (Å²) in [5.41, 5.74) is 0.767. The molecule has 1 aromatic carbocycles. The minimum Gasteiger partial charge on any atom is -0.481 e. The number of benzene rings is 1. The number of nitrogens with one attached hydrogen (secondary N) is 1. The fourth-order valence-electron chi connectivity index (χ4n) is 1.86. The van der Waals surface area contributed by atoms with E-state index in [0.29, 0.717) is 24.3 Å². The number of carbonyl (C=O) groups excluding carboxylic acids is 1. The van der Waals surface area contributed by atoms with Gasteiger partial charge in [0.15, 0.2) is 0 Å². The summed E-state index contributed by atoms with van der Waals surface area (Å²) < 4.78 is 0. The summed E-state index contributed by atoms with van der Waals surface area (Å²) in [6.07, 6.45) is 0.195. The van der Waals surface area contributed by atoms with Crippen LogP contribution >= 0.6 is 0 Å². The minimum absolute atomic E-state index is 0.0160. The van der Waals surface area contributed by atoms with Crippen LogP contribution in [-0.2, 0) is 9.59 Å². The Morgan fingerprint density at radius 3 is 2.55 bits per heavy atom.